The molecule has 1 aromatic rings. The molecule has 120 valence electrons. The van der Waals surface area contributed by atoms with E-state index in [1.165, 1.54) is 12.3 Å². The predicted molar refractivity (Wildman–Crippen MR) is 86.9 cm³/mol. The average Bonchev–Trinajstić information content (AvgIpc) is 2.44. The minimum absolute atomic E-state index is 0.264. The average molecular weight is 313 g/mol. The Morgan fingerprint density at radius 3 is 2.67 bits per heavy atom. The van der Waals surface area contributed by atoms with E-state index in [1.807, 2.05) is 6.92 Å². The smallest absolute Gasteiger partial charge is 0.240 e. The third-order valence-electron chi connectivity index (χ3n) is 3.10. The van der Waals surface area contributed by atoms with Crippen LogP contribution in [0.5, 0.6) is 0 Å². The van der Waals surface area contributed by atoms with Gasteiger partial charge in [-0.25, -0.2) is 18.1 Å². The lowest BCUT2D eigenvalue weighted by atomic mass is 10.1. The fourth-order valence-electron chi connectivity index (χ4n) is 1.90. The van der Waals surface area contributed by atoms with Crippen molar-refractivity contribution in [1.29, 1.82) is 0 Å². The number of hydrogen-bond donors (Lipinski definition) is 2. The second kappa shape index (κ2) is 9.00. The van der Waals surface area contributed by atoms with Crippen molar-refractivity contribution in [3.8, 4) is 0 Å². The highest BCUT2D eigenvalue weighted by Gasteiger charge is 2.14. The van der Waals surface area contributed by atoms with Gasteiger partial charge in [0.25, 0.3) is 0 Å². The first-order valence-electron chi connectivity index (χ1n) is 7.65. The van der Waals surface area contributed by atoms with E-state index in [2.05, 4.69) is 28.9 Å². The van der Waals surface area contributed by atoms with Crippen molar-refractivity contribution in [1.82, 2.24) is 9.71 Å². The van der Waals surface area contributed by atoms with E-state index in [1.54, 1.807) is 6.07 Å². The summed E-state index contributed by atoms with van der Waals surface area (Å²) >= 11 is 0. The number of rotatable bonds is 10. The first-order valence-corrected chi connectivity index (χ1v) is 9.13. The molecule has 0 aromatic carbocycles. The third kappa shape index (κ3) is 6.91. The van der Waals surface area contributed by atoms with Crippen molar-refractivity contribution >= 4 is 15.8 Å². The summed E-state index contributed by atoms with van der Waals surface area (Å²) in [4.78, 5) is 4.38. The van der Waals surface area contributed by atoms with E-state index in [9.17, 15) is 8.42 Å². The minimum Gasteiger partial charge on any atom is -0.370 e. The van der Waals surface area contributed by atoms with Gasteiger partial charge in [-0.1, -0.05) is 33.6 Å². The number of nitrogens with one attached hydrogen (secondary N) is 2. The van der Waals surface area contributed by atoms with Crippen LogP contribution in [0.3, 0.4) is 0 Å². The third-order valence-corrected chi connectivity index (χ3v) is 4.56. The largest absolute Gasteiger partial charge is 0.370 e. The van der Waals surface area contributed by atoms with Crippen LogP contribution in [0, 0.1) is 5.92 Å². The van der Waals surface area contributed by atoms with Crippen molar-refractivity contribution in [2.75, 3.05) is 18.4 Å². The molecule has 0 saturated heterocycles. The van der Waals surface area contributed by atoms with Gasteiger partial charge in [0.2, 0.25) is 10.0 Å². The summed E-state index contributed by atoms with van der Waals surface area (Å²) in [5.41, 5.74) is 0. The summed E-state index contributed by atoms with van der Waals surface area (Å²) in [7, 11) is -3.44. The number of anilines is 1. The van der Waals surface area contributed by atoms with Gasteiger partial charge in [0, 0.05) is 25.4 Å². The Bertz CT molecular complexity index is 515. The maximum absolute atomic E-state index is 12.2. The van der Waals surface area contributed by atoms with Crippen molar-refractivity contribution in [2.24, 2.45) is 5.92 Å². The summed E-state index contributed by atoms with van der Waals surface area (Å²) in [6.07, 6.45) is 5.52. The molecule has 21 heavy (non-hydrogen) atoms. The van der Waals surface area contributed by atoms with Crippen molar-refractivity contribution in [3.05, 3.63) is 18.3 Å². The Morgan fingerprint density at radius 1 is 1.24 bits per heavy atom. The summed E-state index contributed by atoms with van der Waals surface area (Å²) < 4.78 is 27.0. The van der Waals surface area contributed by atoms with E-state index in [0.717, 1.165) is 32.2 Å². The molecule has 0 radical (unpaired) electrons. The van der Waals surface area contributed by atoms with Gasteiger partial charge in [-0.3, -0.25) is 0 Å². The van der Waals surface area contributed by atoms with Gasteiger partial charge in [0.15, 0.2) is 0 Å². The van der Waals surface area contributed by atoms with Crippen molar-refractivity contribution in [3.63, 3.8) is 0 Å². The SMILES string of the molecule is CCCNc1cc(S(=O)(=O)NCCCCC(C)C)ccn1. The molecule has 0 saturated carbocycles. The normalized spacial score (nSPS) is 11.8. The zero-order valence-electron chi connectivity index (χ0n) is 13.2. The van der Waals surface area contributed by atoms with Crippen LogP contribution in [0.1, 0.15) is 46.5 Å². The van der Waals surface area contributed by atoms with Crippen LogP contribution >= 0.6 is 0 Å². The minimum atomic E-state index is -3.44. The van der Waals surface area contributed by atoms with Gasteiger partial charge >= 0.3 is 0 Å². The second-order valence-corrected chi connectivity index (χ2v) is 7.36. The molecule has 0 fully saturated rings. The van der Waals surface area contributed by atoms with Crippen LogP contribution < -0.4 is 10.0 Å². The van der Waals surface area contributed by atoms with Crippen LogP contribution in [0.15, 0.2) is 23.2 Å². The Balaban J connectivity index is 2.53. The molecule has 0 atom stereocenters. The van der Waals surface area contributed by atoms with E-state index in [0.29, 0.717) is 18.3 Å². The highest BCUT2D eigenvalue weighted by molar-refractivity contribution is 7.89. The molecule has 0 amide bonds. The maximum atomic E-state index is 12.2. The molecule has 0 aliphatic rings. The zero-order valence-corrected chi connectivity index (χ0v) is 14.0. The molecule has 1 heterocycles. The summed E-state index contributed by atoms with van der Waals surface area (Å²) in [6, 6.07) is 3.10. The monoisotopic (exact) mass is 313 g/mol. The maximum Gasteiger partial charge on any atom is 0.240 e. The van der Waals surface area contributed by atoms with Crippen LogP contribution in [-0.4, -0.2) is 26.5 Å². The Hall–Kier alpha value is -1.14. The first kappa shape index (κ1) is 17.9. The Labute approximate surface area is 128 Å². The standard InChI is InChI=1S/C15H27N3O2S/c1-4-9-16-15-12-14(8-11-17-15)21(19,20)18-10-6-5-7-13(2)3/h8,11-13,18H,4-7,9-10H2,1-3H3,(H,16,17). The lowest BCUT2D eigenvalue weighted by molar-refractivity contribution is 0.530. The zero-order chi connectivity index (χ0) is 15.7. The lowest BCUT2D eigenvalue weighted by Gasteiger charge is -2.09. The number of unbranched alkanes of at least 4 members (excludes halogenated alkanes) is 1. The summed E-state index contributed by atoms with van der Waals surface area (Å²) in [5.74, 6) is 1.26. The Morgan fingerprint density at radius 2 is 2.00 bits per heavy atom. The molecule has 0 aliphatic heterocycles. The first-order chi connectivity index (χ1) is 9.95. The highest BCUT2D eigenvalue weighted by Crippen LogP contribution is 2.13. The molecule has 5 nitrogen and oxygen atoms in total. The van der Waals surface area contributed by atoms with Crippen LogP contribution in [0.4, 0.5) is 5.82 Å². The molecule has 2 N–H and O–H groups in total. The fraction of sp³-hybridized carbons (Fsp3) is 0.667. The van der Waals surface area contributed by atoms with Gasteiger partial charge in [-0.05, 0) is 24.8 Å². The molecule has 6 heteroatoms. The second-order valence-electron chi connectivity index (χ2n) is 5.59. The van der Waals surface area contributed by atoms with Crippen LogP contribution in [-0.2, 0) is 10.0 Å². The summed E-state index contributed by atoms with van der Waals surface area (Å²) in [5, 5.41) is 3.09. The highest BCUT2D eigenvalue weighted by atomic mass is 32.2. The topological polar surface area (TPSA) is 71.1 Å². The van der Waals surface area contributed by atoms with E-state index >= 15 is 0 Å². The number of pyridine rings is 1. The number of hydrogen-bond acceptors (Lipinski definition) is 4. The van der Waals surface area contributed by atoms with Gasteiger partial charge < -0.3 is 5.32 Å². The van der Waals surface area contributed by atoms with E-state index in [4.69, 9.17) is 0 Å². The molecule has 0 aliphatic carbocycles. The van der Waals surface area contributed by atoms with Gasteiger partial charge in [0.05, 0.1) is 4.90 Å². The number of sulfonamides is 1. The molecule has 0 spiro atoms. The van der Waals surface area contributed by atoms with Crippen LogP contribution in [0.2, 0.25) is 0 Å². The van der Waals surface area contributed by atoms with Gasteiger partial charge in [-0.15, -0.1) is 0 Å². The van der Waals surface area contributed by atoms with Crippen molar-refractivity contribution < 1.29 is 8.42 Å². The van der Waals surface area contributed by atoms with E-state index in [-0.39, 0.29) is 4.90 Å². The molecule has 0 unspecified atom stereocenters. The summed E-state index contributed by atoms with van der Waals surface area (Å²) in [6.45, 7) is 7.65. The predicted octanol–water partition coefficient (Wildman–Crippen LogP) is 3.01. The molecule has 1 aromatic heterocycles. The fourth-order valence-corrected chi connectivity index (χ4v) is 2.98. The quantitative estimate of drug-likeness (QED) is 0.651. The van der Waals surface area contributed by atoms with Crippen molar-refractivity contribution in [2.45, 2.75) is 51.3 Å². The van der Waals surface area contributed by atoms with Crippen LogP contribution in [0.25, 0.3) is 0 Å². The number of aromatic nitrogens is 1. The van der Waals surface area contributed by atoms with E-state index < -0.39 is 10.0 Å². The Kier molecular flexibility index (Phi) is 7.67. The molecule has 1 rings (SSSR count). The molecular weight excluding hydrogens is 286 g/mol. The van der Waals surface area contributed by atoms with Gasteiger partial charge in [0.1, 0.15) is 5.82 Å². The molecule has 0 bridgehead atoms. The lowest BCUT2D eigenvalue weighted by Crippen LogP contribution is -2.25. The molecular formula is C15H27N3O2S. The van der Waals surface area contributed by atoms with Gasteiger partial charge in [-0.2, -0.15) is 0 Å². The number of nitrogens with zero attached hydrogens (tertiary/aromatic N) is 1.